The molecule has 5 rings (SSSR count). The highest BCUT2D eigenvalue weighted by Gasteiger charge is 2.21. The number of aromatic nitrogens is 6. The Bertz CT molecular complexity index is 1390. The van der Waals surface area contributed by atoms with Gasteiger partial charge in [-0.3, -0.25) is 24.8 Å². The standard InChI is InChI=1S/C23H21N7O/c1-23(2,3)22(31)27-14-7-13(10-24-11-14)17-8-15-20(12-26-17)29-30-21(15)19-9-18-16(28-19)5-4-6-25-18/h4-12,28H,1-3H3,(H,27,31)(H,29,30). The molecule has 1 amide bonds. The van der Waals surface area contributed by atoms with Gasteiger partial charge in [0.1, 0.15) is 5.69 Å². The lowest BCUT2D eigenvalue weighted by Crippen LogP contribution is -2.27. The van der Waals surface area contributed by atoms with Crippen LogP contribution in [0.4, 0.5) is 5.69 Å². The lowest BCUT2D eigenvalue weighted by Gasteiger charge is -2.17. The van der Waals surface area contributed by atoms with Crippen molar-refractivity contribution >= 4 is 33.5 Å². The number of nitrogens with one attached hydrogen (secondary N) is 3. The van der Waals surface area contributed by atoms with Crippen LogP contribution in [0.5, 0.6) is 0 Å². The van der Waals surface area contributed by atoms with Gasteiger partial charge in [0, 0.05) is 28.8 Å². The number of aromatic amines is 2. The van der Waals surface area contributed by atoms with Crippen LogP contribution in [-0.2, 0) is 4.79 Å². The molecule has 154 valence electrons. The fourth-order valence-corrected chi connectivity index (χ4v) is 3.33. The molecule has 0 aliphatic carbocycles. The summed E-state index contributed by atoms with van der Waals surface area (Å²) in [6.07, 6.45) is 6.88. The molecule has 5 heterocycles. The zero-order chi connectivity index (χ0) is 21.6. The van der Waals surface area contributed by atoms with Crippen LogP contribution in [0.2, 0.25) is 0 Å². The average Bonchev–Trinajstić information content (AvgIpc) is 3.36. The molecule has 0 aromatic carbocycles. The van der Waals surface area contributed by atoms with E-state index in [1.54, 1.807) is 24.8 Å². The molecular formula is C23H21N7O. The molecule has 0 spiro atoms. The molecule has 0 saturated heterocycles. The van der Waals surface area contributed by atoms with Gasteiger partial charge in [0.25, 0.3) is 0 Å². The van der Waals surface area contributed by atoms with Gasteiger partial charge in [0.2, 0.25) is 5.91 Å². The van der Waals surface area contributed by atoms with Crippen LogP contribution in [0, 0.1) is 5.41 Å². The highest BCUT2D eigenvalue weighted by Crippen LogP contribution is 2.30. The van der Waals surface area contributed by atoms with E-state index in [1.165, 1.54) is 0 Å². The molecule has 3 N–H and O–H groups in total. The van der Waals surface area contributed by atoms with E-state index < -0.39 is 5.41 Å². The van der Waals surface area contributed by atoms with Crippen molar-refractivity contribution in [3.8, 4) is 22.6 Å². The van der Waals surface area contributed by atoms with Gasteiger partial charge >= 0.3 is 0 Å². The third-order valence-electron chi connectivity index (χ3n) is 5.06. The highest BCUT2D eigenvalue weighted by atomic mass is 16.2. The van der Waals surface area contributed by atoms with E-state index in [0.29, 0.717) is 5.69 Å². The second-order valence-electron chi connectivity index (χ2n) is 8.47. The number of hydrogen-bond acceptors (Lipinski definition) is 5. The Morgan fingerprint density at radius 2 is 1.90 bits per heavy atom. The number of hydrogen-bond donors (Lipinski definition) is 3. The predicted molar refractivity (Wildman–Crippen MR) is 120 cm³/mol. The van der Waals surface area contributed by atoms with Crippen molar-refractivity contribution < 1.29 is 4.79 Å². The van der Waals surface area contributed by atoms with Gasteiger partial charge in [0.15, 0.2) is 0 Å². The van der Waals surface area contributed by atoms with Crippen molar-refractivity contribution in [1.82, 2.24) is 30.1 Å². The SMILES string of the molecule is CC(C)(C)C(=O)Nc1cncc(-c2cc3c(-c4cc5ncccc5[nH]4)n[nH]c3cn2)c1. The monoisotopic (exact) mass is 411 g/mol. The summed E-state index contributed by atoms with van der Waals surface area (Å²) < 4.78 is 0. The third-order valence-corrected chi connectivity index (χ3v) is 5.06. The summed E-state index contributed by atoms with van der Waals surface area (Å²) in [5, 5.41) is 11.4. The maximum absolute atomic E-state index is 12.3. The third kappa shape index (κ3) is 3.52. The molecule has 0 aliphatic rings. The number of pyridine rings is 3. The smallest absolute Gasteiger partial charge is 0.229 e. The molecule has 8 heteroatoms. The van der Waals surface area contributed by atoms with Gasteiger partial charge in [-0.05, 0) is 30.3 Å². The maximum atomic E-state index is 12.3. The van der Waals surface area contributed by atoms with E-state index in [2.05, 4.69) is 35.5 Å². The fraction of sp³-hybridized carbons (Fsp3) is 0.174. The number of carbonyl (C=O) groups is 1. The van der Waals surface area contributed by atoms with E-state index in [1.807, 2.05) is 51.1 Å². The minimum Gasteiger partial charge on any atom is -0.352 e. The van der Waals surface area contributed by atoms with Crippen molar-refractivity contribution in [3.05, 3.63) is 55.1 Å². The van der Waals surface area contributed by atoms with Gasteiger partial charge in [-0.15, -0.1) is 0 Å². The van der Waals surface area contributed by atoms with Gasteiger partial charge in [0.05, 0.1) is 46.0 Å². The maximum Gasteiger partial charge on any atom is 0.229 e. The zero-order valence-corrected chi connectivity index (χ0v) is 17.4. The fourth-order valence-electron chi connectivity index (χ4n) is 3.33. The van der Waals surface area contributed by atoms with E-state index in [0.717, 1.165) is 44.6 Å². The first-order valence-corrected chi connectivity index (χ1v) is 9.93. The minimum atomic E-state index is -0.493. The molecular weight excluding hydrogens is 390 g/mol. The number of anilines is 1. The van der Waals surface area contributed by atoms with Gasteiger partial charge in [-0.1, -0.05) is 20.8 Å². The van der Waals surface area contributed by atoms with Crippen LogP contribution in [0.15, 0.2) is 55.1 Å². The van der Waals surface area contributed by atoms with Gasteiger partial charge < -0.3 is 10.3 Å². The van der Waals surface area contributed by atoms with Crippen molar-refractivity contribution in [2.75, 3.05) is 5.32 Å². The van der Waals surface area contributed by atoms with E-state index in [4.69, 9.17) is 0 Å². The molecule has 8 nitrogen and oxygen atoms in total. The Morgan fingerprint density at radius 1 is 1.03 bits per heavy atom. The number of amides is 1. The molecule has 5 aromatic heterocycles. The van der Waals surface area contributed by atoms with Crippen LogP contribution < -0.4 is 5.32 Å². The molecule has 5 aromatic rings. The lowest BCUT2D eigenvalue weighted by atomic mass is 9.95. The number of H-pyrrole nitrogens is 2. The molecule has 0 aliphatic heterocycles. The Kier molecular flexibility index (Phi) is 4.28. The van der Waals surface area contributed by atoms with Crippen LogP contribution in [0.3, 0.4) is 0 Å². The number of carbonyl (C=O) groups excluding carboxylic acids is 1. The van der Waals surface area contributed by atoms with Gasteiger partial charge in [-0.2, -0.15) is 5.10 Å². The molecule has 0 bridgehead atoms. The normalized spacial score (nSPS) is 11.8. The number of fused-ring (bicyclic) bond motifs is 2. The van der Waals surface area contributed by atoms with Crippen molar-refractivity contribution in [3.63, 3.8) is 0 Å². The molecule has 0 radical (unpaired) electrons. The summed E-state index contributed by atoms with van der Waals surface area (Å²) in [5.41, 5.74) is 6.02. The topological polar surface area (TPSA) is 112 Å². The summed E-state index contributed by atoms with van der Waals surface area (Å²) in [6, 6.07) is 9.70. The second-order valence-corrected chi connectivity index (χ2v) is 8.47. The first-order chi connectivity index (χ1) is 14.9. The molecule has 0 fully saturated rings. The summed E-state index contributed by atoms with van der Waals surface area (Å²) in [7, 11) is 0. The van der Waals surface area contributed by atoms with Crippen LogP contribution >= 0.6 is 0 Å². The first-order valence-electron chi connectivity index (χ1n) is 9.93. The highest BCUT2D eigenvalue weighted by molar-refractivity contribution is 5.97. The van der Waals surface area contributed by atoms with Gasteiger partial charge in [-0.25, -0.2) is 0 Å². The van der Waals surface area contributed by atoms with Crippen molar-refractivity contribution in [1.29, 1.82) is 0 Å². The molecule has 0 saturated carbocycles. The molecule has 0 unspecified atom stereocenters. The van der Waals surface area contributed by atoms with E-state index in [9.17, 15) is 4.79 Å². The Morgan fingerprint density at radius 3 is 2.71 bits per heavy atom. The summed E-state index contributed by atoms with van der Waals surface area (Å²) >= 11 is 0. The Hall–Kier alpha value is -4.07. The Balaban J connectivity index is 1.54. The minimum absolute atomic E-state index is 0.0700. The molecule has 0 atom stereocenters. The second kappa shape index (κ2) is 7.02. The number of nitrogens with zero attached hydrogens (tertiary/aromatic N) is 4. The van der Waals surface area contributed by atoms with Crippen LogP contribution in [0.1, 0.15) is 20.8 Å². The quantitative estimate of drug-likeness (QED) is 0.403. The van der Waals surface area contributed by atoms with Crippen molar-refractivity contribution in [2.45, 2.75) is 20.8 Å². The number of rotatable bonds is 3. The summed E-state index contributed by atoms with van der Waals surface area (Å²) in [5.74, 6) is -0.0700. The van der Waals surface area contributed by atoms with Crippen LogP contribution in [-0.4, -0.2) is 36.0 Å². The molecule has 31 heavy (non-hydrogen) atoms. The Labute approximate surface area is 178 Å². The van der Waals surface area contributed by atoms with E-state index >= 15 is 0 Å². The van der Waals surface area contributed by atoms with Crippen molar-refractivity contribution in [2.24, 2.45) is 5.41 Å². The lowest BCUT2D eigenvalue weighted by molar-refractivity contribution is -0.123. The first kappa shape index (κ1) is 18.9. The predicted octanol–water partition coefficient (Wildman–Crippen LogP) is 4.55. The summed E-state index contributed by atoms with van der Waals surface area (Å²) in [4.78, 5) is 28.9. The average molecular weight is 411 g/mol. The zero-order valence-electron chi connectivity index (χ0n) is 17.4. The van der Waals surface area contributed by atoms with E-state index in [-0.39, 0.29) is 5.91 Å². The summed E-state index contributed by atoms with van der Waals surface area (Å²) in [6.45, 7) is 5.61. The largest absolute Gasteiger partial charge is 0.352 e. The van der Waals surface area contributed by atoms with Crippen LogP contribution in [0.25, 0.3) is 44.6 Å².